The van der Waals surface area contributed by atoms with E-state index in [4.69, 9.17) is 9.47 Å². The molecule has 0 spiro atoms. The quantitative estimate of drug-likeness (QED) is 0.305. The number of hydroxylamine groups is 2. The molecule has 0 saturated heterocycles. The van der Waals surface area contributed by atoms with Gasteiger partial charge in [0.15, 0.2) is 0 Å². The molecule has 0 heterocycles. The first-order valence-corrected chi connectivity index (χ1v) is 3.90. The summed E-state index contributed by atoms with van der Waals surface area (Å²) in [5.41, 5.74) is 0. The molecule has 0 aromatic carbocycles. The van der Waals surface area contributed by atoms with Gasteiger partial charge in [0.1, 0.15) is 19.4 Å². The third-order valence-corrected chi connectivity index (χ3v) is 1.10. The van der Waals surface area contributed by atoms with E-state index in [0.29, 0.717) is 19.8 Å². The first-order chi connectivity index (χ1) is 6.31. The average molecular weight is 189 g/mol. The van der Waals surface area contributed by atoms with E-state index in [1.165, 1.54) is 6.26 Å². The average Bonchev–Trinajstić information content (AvgIpc) is 2.16. The Kier molecular flexibility index (Phi) is 8.59. The van der Waals surface area contributed by atoms with Crippen LogP contribution in [0.3, 0.4) is 0 Å². The van der Waals surface area contributed by atoms with Crippen LogP contribution in [0.15, 0.2) is 25.6 Å². The molecule has 0 aliphatic carbocycles. The van der Waals surface area contributed by atoms with Crippen molar-refractivity contribution in [2.75, 3.05) is 26.4 Å². The highest BCUT2D eigenvalue weighted by atomic mass is 16.9. The molecule has 0 aromatic heterocycles. The Morgan fingerprint density at radius 1 is 1.15 bits per heavy atom. The molecular formula is C8H15NO4. The van der Waals surface area contributed by atoms with Crippen molar-refractivity contribution in [3.63, 3.8) is 0 Å². The van der Waals surface area contributed by atoms with Crippen molar-refractivity contribution in [2.24, 2.45) is 0 Å². The molecule has 1 N–H and O–H groups in total. The molecule has 13 heavy (non-hydrogen) atoms. The summed E-state index contributed by atoms with van der Waals surface area (Å²) < 4.78 is 9.84. The molecule has 0 saturated carbocycles. The standard InChI is InChI=1S/C8H15NO4/c1-3-9(10)13-8-7-12-6-5-11-4-2/h3-4,9H,1-2,5-8H2. The molecule has 5 heteroatoms. The Labute approximate surface area is 77.7 Å². The third kappa shape index (κ3) is 9.03. The molecule has 1 atom stereocenters. The molecular weight excluding hydrogens is 174 g/mol. The van der Waals surface area contributed by atoms with Gasteiger partial charge >= 0.3 is 0 Å². The van der Waals surface area contributed by atoms with E-state index in [0.717, 1.165) is 6.20 Å². The van der Waals surface area contributed by atoms with Gasteiger partial charge in [-0.2, -0.15) is 10.1 Å². The zero-order chi connectivity index (χ0) is 9.94. The molecule has 0 fully saturated rings. The van der Waals surface area contributed by atoms with Crippen LogP contribution in [0.4, 0.5) is 0 Å². The van der Waals surface area contributed by atoms with Gasteiger partial charge < -0.3 is 14.7 Å². The van der Waals surface area contributed by atoms with Gasteiger partial charge in [0.2, 0.25) is 0 Å². The lowest BCUT2D eigenvalue weighted by atomic mass is 10.7. The van der Waals surface area contributed by atoms with Crippen LogP contribution in [-0.4, -0.2) is 26.4 Å². The largest absolute Gasteiger partial charge is 0.595 e. The zero-order valence-electron chi connectivity index (χ0n) is 7.53. The lowest BCUT2D eigenvalue weighted by Gasteiger charge is -2.13. The Morgan fingerprint density at radius 2 is 1.85 bits per heavy atom. The lowest BCUT2D eigenvalue weighted by Crippen LogP contribution is -3.01. The molecule has 5 nitrogen and oxygen atoms in total. The zero-order valence-corrected chi connectivity index (χ0v) is 7.53. The molecule has 0 amide bonds. The van der Waals surface area contributed by atoms with Crippen molar-refractivity contribution in [1.29, 1.82) is 0 Å². The summed E-state index contributed by atoms with van der Waals surface area (Å²) >= 11 is 0. The molecule has 0 aliphatic rings. The molecule has 76 valence electrons. The van der Waals surface area contributed by atoms with Crippen LogP contribution < -0.4 is 5.23 Å². The fourth-order valence-corrected chi connectivity index (χ4v) is 0.553. The van der Waals surface area contributed by atoms with Gasteiger partial charge in [0.25, 0.3) is 0 Å². The number of nitrogens with one attached hydrogen (secondary N) is 1. The maximum Gasteiger partial charge on any atom is 0.130 e. The predicted octanol–water partition coefficient (Wildman–Crippen LogP) is -0.379. The van der Waals surface area contributed by atoms with Gasteiger partial charge in [0, 0.05) is 0 Å². The second-order valence-corrected chi connectivity index (χ2v) is 2.02. The van der Waals surface area contributed by atoms with Gasteiger partial charge in [-0.3, -0.25) is 0 Å². The summed E-state index contributed by atoms with van der Waals surface area (Å²) in [7, 11) is 0. The van der Waals surface area contributed by atoms with Crippen molar-refractivity contribution < 1.29 is 19.5 Å². The van der Waals surface area contributed by atoms with Crippen molar-refractivity contribution in [2.45, 2.75) is 0 Å². The first-order valence-electron chi connectivity index (χ1n) is 3.90. The molecule has 0 rings (SSSR count). The molecule has 0 aromatic rings. The monoisotopic (exact) mass is 189 g/mol. The molecule has 0 bridgehead atoms. The third-order valence-electron chi connectivity index (χ3n) is 1.10. The lowest BCUT2D eigenvalue weighted by molar-refractivity contribution is -1.01. The fourth-order valence-electron chi connectivity index (χ4n) is 0.553. The van der Waals surface area contributed by atoms with E-state index in [1.54, 1.807) is 0 Å². The summed E-state index contributed by atoms with van der Waals surface area (Å²) in [4.78, 5) is 4.65. The number of quaternary nitrogens is 1. The van der Waals surface area contributed by atoms with Gasteiger partial charge in [-0.15, -0.1) is 0 Å². The summed E-state index contributed by atoms with van der Waals surface area (Å²) in [6.07, 6.45) is 2.46. The summed E-state index contributed by atoms with van der Waals surface area (Å²) in [6.45, 7) is 8.13. The van der Waals surface area contributed by atoms with Gasteiger partial charge in [-0.25, -0.2) is 0 Å². The van der Waals surface area contributed by atoms with Gasteiger partial charge in [-0.1, -0.05) is 6.58 Å². The van der Waals surface area contributed by atoms with Crippen LogP contribution in [0.2, 0.25) is 0 Å². The SMILES string of the molecule is C=COCCOCCO[NH+]([O-])C=C. The van der Waals surface area contributed by atoms with E-state index in [-0.39, 0.29) is 6.61 Å². The Bertz CT molecular complexity index is 140. The number of ether oxygens (including phenoxy) is 2. The number of hydrogen-bond donors (Lipinski definition) is 1. The van der Waals surface area contributed by atoms with Crippen molar-refractivity contribution in [3.05, 3.63) is 30.8 Å². The van der Waals surface area contributed by atoms with Crippen molar-refractivity contribution in [3.8, 4) is 0 Å². The Morgan fingerprint density at radius 3 is 2.46 bits per heavy atom. The van der Waals surface area contributed by atoms with E-state index in [9.17, 15) is 5.21 Å². The van der Waals surface area contributed by atoms with Crippen LogP contribution in [0.1, 0.15) is 0 Å². The smallest absolute Gasteiger partial charge is 0.130 e. The summed E-state index contributed by atoms with van der Waals surface area (Å²) in [6, 6.07) is 0. The van der Waals surface area contributed by atoms with E-state index >= 15 is 0 Å². The van der Waals surface area contributed by atoms with Gasteiger partial charge in [-0.05, 0) is 6.58 Å². The minimum atomic E-state index is -0.439. The Balaban J connectivity index is 2.99. The topological polar surface area (TPSA) is 55.2 Å². The molecule has 0 radical (unpaired) electrons. The maximum atomic E-state index is 10.5. The second kappa shape index (κ2) is 9.21. The van der Waals surface area contributed by atoms with Crippen LogP contribution >= 0.6 is 0 Å². The van der Waals surface area contributed by atoms with Crippen molar-refractivity contribution >= 4 is 0 Å². The predicted molar refractivity (Wildman–Crippen MR) is 47.4 cm³/mol. The van der Waals surface area contributed by atoms with E-state index in [2.05, 4.69) is 18.0 Å². The maximum absolute atomic E-state index is 10.5. The minimum Gasteiger partial charge on any atom is -0.595 e. The fraction of sp³-hybridized carbons (Fsp3) is 0.500. The van der Waals surface area contributed by atoms with E-state index < -0.39 is 5.23 Å². The highest BCUT2D eigenvalue weighted by molar-refractivity contribution is 4.47. The van der Waals surface area contributed by atoms with Crippen LogP contribution in [-0.2, 0) is 14.3 Å². The highest BCUT2D eigenvalue weighted by Gasteiger charge is 1.92. The summed E-state index contributed by atoms with van der Waals surface area (Å²) in [5, 5.41) is 10.1. The minimum absolute atomic E-state index is 0.235. The number of rotatable bonds is 9. The summed E-state index contributed by atoms with van der Waals surface area (Å²) in [5.74, 6) is 0. The molecule has 1 unspecified atom stereocenters. The van der Waals surface area contributed by atoms with Crippen LogP contribution in [0.25, 0.3) is 0 Å². The molecule has 0 aliphatic heterocycles. The Hall–Kier alpha value is -0.880. The first kappa shape index (κ1) is 12.1. The normalized spacial score (nSPS) is 12.1. The van der Waals surface area contributed by atoms with Crippen molar-refractivity contribution in [1.82, 2.24) is 0 Å². The van der Waals surface area contributed by atoms with Crippen LogP contribution in [0.5, 0.6) is 0 Å². The van der Waals surface area contributed by atoms with Gasteiger partial charge in [0.05, 0.1) is 19.5 Å². The highest BCUT2D eigenvalue weighted by Crippen LogP contribution is 1.78. The second-order valence-electron chi connectivity index (χ2n) is 2.02. The van der Waals surface area contributed by atoms with E-state index in [1.807, 2.05) is 0 Å². The van der Waals surface area contributed by atoms with Crippen LogP contribution in [0, 0.1) is 5.21 Å². The number of hydrogen-bond acceptors (Lipinski definition) is 4.